The summed E-state index contributed by atoms with van der Waals surface area (Å²) in [7, 11) is 0. The van der Waals surface area contributed by atoms with Crippen LogP contribution < -0.4 is 0 Å². The summed E-state index contributed by atoms with van der Waals surface area (Å²) in [6.07, 6.45) is 2.33. The normalized spacial score (nSPS) is 21.3. The SMILES string of the molecule is CC(Cl)c1nc2cc(F)c(Br)cc2n1C1CCCSC1. The van der Waals surface area contributed by atoms with E-state index in [9.17, 15) is 4.39 Å². The van der Waals surface area contributed by atoms with Crippen molar-refractivity contribution in [1.82, 2.24) is 9.55 Å². The van der Waals surface area contributed by atoms with Gasteiger partial charge in [0.05, 0.1) is 20.9 Å². The molecular weight excluding hydrogens is 363 g/mol. The van der Waals surface area contributed by atoms with Crippen molar-refractivity contribution < 1.29 is 4.39 Å². The third kappa shape index (κ3) is 2.60. The van der Waals surface area contributed by atoms with Crippen LogP contribution >= 0.6 is 39.3 Å². The number of alkyl halides is 1. The van der Waals surface area contributed by atoms with Gasteiger partial charge < -0.3 is 4.57 Å². The molecule has 0 spiro atoms. The summed E-state index contributed by atoms with van der Waals surface area (Å²) in [6.45, 7) is 1.92. The predicted molar refractivity (Wildman–Crippen MR) is 87.3 cm³/mol. The van der Waals surface area contributed by atoms with E-state index in [4.69, 9.17) is 11.6 Å². The van der Waals surface area contributed by atoms with Crippen LogP contribution in [0.3, 0.4) is 0 Å². The smallest absolute Gasteiger partial charge is 0.139 e. The number of aromatic nitrogens is 2. The van der Waals surface area contributed by atoms with Crippen LogP contribution in [0.5, 0.6) is 0 Å². The number of hydrogen-bond acceptors (Lipinski definition) is 2. The van der Waals surface area contributed by atoms with Gasteiger partial charge in [0.15, 0.2) is 0 Å². The molecule has 3 rings (SSSR count). The lowest BCUT2D eigenvalue weighted by Crippen LogP contribution is -2.18. The van der Waals surface area contributed by atoms with Gasteiger partial charge in [-0.3, -0.25) is 0 Å². The molecule has 0 N–H and O–H groups in total. The molecule has 20 heavy (non-hydrogen) atoms. The number of benzene rings is 1. The van der Waals surface area contributed by atoms with Gasteiger partial charge in [-0.2, -0.15) is 11.8 Å². The van der Waals surface area contributed by atoms with Gasteiger partial charge in [0.1, 0.15) is 11.6 Å². The molecule has 2 nitrogen and oxygen atoms in total. The molecule has 2 unspecified atom stereocenters. The van der Waals surface area contributed by atoms with Gasteiger partial charge in [0.25, 0.3) is 0 Å². The largest absolute Gasteiger partial charge is 0.323 e. The first-order valence-electron chi connectivity index (χ1n) is 6.66. The molecule has 2 atom stereocenters. The molecule has 0 radical (unpaired) electrons. The van der Waals surface area contributed by atoms with Crippen molar-refractivity contribution in [2.45, 2.75) is 31.2 Å². The maximum absolute atomic E-state index is 13.7. The second kappa shape index (κ2) is 5.85. The molecule has 1 aromatic carbocycles. The maximum Gasteiger partial charge on any atom is 0.139 e. The summed E-state index contributed by atoms with van der Waals surface area (Å²) in [5.41, 5.74) is 1.65. The lowest BCUT2D eigenvalue weighted by molar-refractivity contribution is 0.493. The van der Waals surface area contributed by atoms with Gasteiger partial charge in [-0.05, 0) is 47.5 Å². The molecule has 0 bridgehead atoms. The summed E-state index contributed by atoms with van der Waals surface area (Å²) in [4.78, 5) is 4.55. The van der Waals surface area contributed by atoms with E-state index in [-0.39, 0.29) is 11.2 Å². The molecular formula is C14H15BrClFN2S. The quantitative estimate of drug-likeness (QED) is 0.660. The minimum Gasteiger partial charge on any atom is -0.323 e. The average Bonchev–Trinajstić information content (AvgIpc) is 2.79. The fourth-order valence-corrected chi connectivity index (χ4v) is 4.31. The predicted octanol–water partition coefficient (Wildman–Crippen LogP) is 5.31. The third-order valence-corrected chi connectivity index (χ3v) is 5.62. The Kier molecular flexibility index (Phi) is 4.29. The highest BCUT2D eigenvalue weighted by Crippen LogP contribution is 2.35. The first kappa shape index (κ1) is 14.7. The Labute approximate surface area is 135 Å². The van der Waals surface area contributed by atoms with Crippen molar-refractivity contribution in [2.24, 2.45) is 0 Å². The number of hydrogen-bond donors (Lipinski definition) is 0. The van der Waals surface area contributed by atoms with Crippen molar-refractivity contribution in [3.63, 3.8) is 0 Å². The Morgan fingerprint density at radius 3 is 3.00 bits per heavy atom. The van der Waals surface area contributed by atoms with Gasteiger partial charge in [-0.15, -0.1) is 11.6 Å². The summed E-state index contributed by atoms with van der Waals surface area (Å²) < 4.78 is 16.4. The number of halogens is 3. The van der Waals surface area contributed by atoms with Crippen LogP contribution in [0.15, 0.2) is 16.6 Å². The summed E-state index contributed by atoms with van der Waals surface area (Å²) in [5.74, 6) is 2.84. The van der Waals surface area contributed by atoms with E-state index >= 15 is 0 Å². The topological polar surface area (TPSA) is 17.8 Å². The number of imidazole rings is 1. The number of nitrogens with zero attached hydrogens (tertiary/aromatic N) is 2. The first-order chi connectivity index (χ1) is 9.58. The van der Waals surface area contributed by atoms with E-state index in [1.165, 1.54) is 18.2 Å². The van der Waals surface area contributed by atoms with Crippen LogP contribution in [0.25, 0.3) is 11.0 Å². The van der Waals surface area contributed by atoms with Crippen LogP contribution in [-0.2, 0) is 0 Å². The Morgan fingerprint density at radius 2 is 2.35 bits per heavy atom. The van der Waals surface area contributed by atoms with E-state index in [1.807, 2.05) is 24.8 Å². The molecule has 1 aliphatic rings. The van der Waals surface area contributed by atoms with Crippen LogP contribution in [0.1, 0.15) is 37.0 Å². The zero-order valence-corrected chi connectivity index (χ0v) is 14.2. The molecule has 1 aliphatic heterocycles. The van der Waals surface area contributed by atoms with Crippen LogP contribution in [0.4, 0.5) is 4.39 Å². The molecule has 2 aromatic rings. The van der Waals surface area contributed by atoms with Crippen molar-refractivity contribution >= 4 is 50.3 Å². The molecule has 1 saturated heterocycles. The minimum atomic E-state index is -0.283. The standard InChI is InChI=1S/C14H15BrClFN2S/c1-8(16)14-18-12-6-11(17)10(15)5-13(12)19(14)9-3-2-4-20-7-9/h5-6,8-9H,2-4,7H2,1H3. The monoisotopic (exact) mass is 376 g/mol. The van der Waals surface area contributed by atoms with Gasteiger partial charge in [-0.1, -0.05) is 0 Å². The molecule has 6 heteroatoms. The van der Waals surface area contributed by atoms with Gasteiger partial charge in [-0.25, -0.2) is 9.37 Å². The zero-order chi connectivity index (χ0) is 14.3. The van der Waals surface area contributed by atoms with Crippen LogP contribution in [0, 0.1) is 5.82 Å². The lowest BCUT2D eigenvalue weighted by Gasteiger charge is -2.25. The Hall–Kier alpha value is -0.260. The van der Waals surface area contributed by atoms with Crippen molar-refractivity contribution in [2.75, 3.05) is 11.5 Å². The Balaban J connectivity index is 2.20. The van der Waals surface area contributed by atoms with E-state index in [2.05, 4.69) is 25.5 Å². The highest BCUT2D eigenvalue weighted by molar-refractivity contribution is 9.10. The highest BCUT2D eigenvalue weighted by Gasteiger charge is 2.24. The molecule has 1 fully saturated rings. The number of rotatable bonds is 2. The Morgan fingerprint density at radius 1 is 1.55 bits per heavy atom. The molecule has 0 aliphatic carbocycles. The van der Waals surface area contributed by atoms with Gasteiger partial charge in [0.2, 0.25) is 0 Å². The third-order valence-electron chi connectivity index (χ3n) is 3.62. The van der Waals surface area contributed by atoms with Crippen LogP contribution in [-0.4, -0.2) is 21.1 Å². The molecule has 0 amide bonds. The van der Waals surface area contributed by atoms with Gasteiger partial charge >= 0.3 is 0 Å². The molecule has 1 aromatic heterocycles. The van der Waals surface area contributed by atoms with E-state index in [0.29, 0.717) is 16.0 Å². The fraction of sp³-hybridized carbons (Fsp3) is 0.500. The van der Waals surface area contributed by atoms with Crippen molar-refractivity contribution in [3.05, 3.63) is 28.2 Å². The summed E-state index contributed by atoms with van der Waals surface area (Å²) in [5, 5.41) is -0.184. The van der Waals surface area contributed by atoms with Crippen molar-refractivity contribution in [1.29, 1.82) is 0 Å². The molecule has 0 saturated carbocycles. The van der Waals surface area contributed by atoms with Crippen molar-refractivity contribution in [3.8, 4) is 0 Å². The summed E-state index contributed by atoms with van der Waals surface area (Å²) in [6, 6.07) is 3.70. The summed E-state index contributed by atoms with van der Waals surface area (Å²) >= 11 is 11.5. The second-order valence-corrected chi connectivity index (χ2v) is 7.74. The maximum atomic E-state index is 13.7. The van der Waals surface area contributed by atoms with E-state index in [1.54, 1.807) is 0 Å². The van der Waals surface area contributed by atoms with Gasteiger partial charge in [0, 0.05) is 17.9 Å². The average molecular weight is 378 g/mol. The zero-order valence-electron chi connectivity index (χ0n) is 11.1. The second-order valence-electron chi connectivity index (χ2n) is 5.08. The van der Waals surface area contributed by atoms with Crippen LogP contribution in [0.2, 0.25) is 0 Å². The fourth-order valence-electron chi connectivity index (χ4n) is 2.70. The number of fused-ring (bicyclic) bond motifs is 1. The van der Waals surface area contributed by atoms with E-state index < -0.39 is 0 Å². The first-order valence-corrected chi connectivity index (χ1v) is 9.05. The Bertz CT molecular complexity index is 638. The molecule has 2 heterocycles. The van der Waals surface area contributed by atoms with E-state index in [0.717, 1.165) is 23.5 Å². The molecule has 108 valence electrons. The highest BCUT2D eigenvalue weighted by atomic mass is 79.9. The lowest BCUT2D eigenvalue weighted by atomic mass is 10.1. The number of thioether (sulfide) groups is 1. The minimum absolute atomic E-state index is 0.184.